The maximum Gasteiger partial charge on any atom is 0.184 e. The number of hydrogen-bond acceptors (Lipinski definition) is 8. The van der Waals surface area contributed by atoms with Crippen LogP contribution < -0.4 is 22.3 Å². The molecule has 0 spiro atoms. The van der Waals surface area contributed by atoms with E-state index >= 15 is 0 Å². The highest BCUT2D eigenvalue weighted by atomic mass is 32.2. The summed E-state index contributed by atoms with van der Waals surface area (Å²) in [5.41, 5.74) is 31.3. The first-order valence-corrected chi connectivity index (χ1v) is 24.1. The summed E-state index contributed by atoms with van der Waals surface area (Å²) in [6, 6.07) is 9.26. The molecule has 3 aliphatic rings. The number of nitrogens with one attached hydrogen (secondary N) is 2. The molecular weight excluding hydrogens is 777 g/mol. The van der Waals surface area contributed by atoms with Gasteiger partial charge in [-0.2, -0.15) is 10.2 Å². The number of benzene rings is 2. The van der Waals surface area contributed by atoms with E-state index in [0.717, 1.165) is 76.4 Å². The Hall–Kier alpha value is -2.62. The monoisotopic (exact) mass is 844 g/mol. The van der Waals surface area contributed by atoms with Crippen molar-refractivity contribution in [1.29, 1.82) is 0 Å². The van der Waals surface area contributed by atoms with Crippen molar-refractivity contribution in [2.75, 3.05) is 64.3 Å². The van der Waals surface area contributed by atoms with Gasteiger partial charge in [0.25, 0.3) is 0 Å². The van der Waals surface area contributed by atoms with Crippen LogP contribution in [0.3, 0.4) is 0 Å². The third-order valence-electron chi connectivity index (χ3n) is 11.1. The van der Waals surface area contributed by atoms with Crippen LogP contribution in [0, 0.1) is 53.4 Å². The van der Waals surface area contributed by atoms with Crippen molar-refractivity contribution in [2.24, 2.45) is 33.5 Å². The highest BCUT2D eigenvalue weighted by Crippen LogP contribution is 2.51. The zero-order valence-electron chi connectivity index (χ0n) is 35.9. The molecule has 14 heteroatoms. The maximum atomic E-state index is 9.56. The fourth-order valence-corrected chi connectivity index (χ4v) is 9.62. The second-order valence-electron chi connectivity index (χ2n) is 17.1. The van der Waals surface area contributed by atoms with Crippen molar-refractivity contribution in [3.63, 3.8) is 0 Å². The van der Waals surface area contributed by atoms with E-state index in [-0.39, 0.29) is 21.1 Å². The van der Waals surface area contributed by atoms with Crippen LogP contribution in [-0.4, -0.2) is 104 Å². The molecule has 0 aromatic heterocycles. The molecule has 56 heavy (non-hydrogen) atoms. The molecule has 3 fully saturated rings. The molecule has 312 valence electrons. The van der Waals surface area contributed by atoms with Gasteiger partial charge in [-0.1, -0.05) is 49.2 Å². The Morgan fingerprint density at radius 1 is 0.643 bits per heavy atom. The van der Waals surface area contributed by atoms with Crippen LogP contribution in [0.1, 0.15) is 84.0 Å². The summed E-state index contributed by atoms with van der Waals surface area (Å²) < 4.78 is 19.1. The molecule has 10 nitrogen and oxygen atoms in total. The first-order valence-electron chi connectivity index (χ1n) is 19.4. The summed E-state index contributed by atoms with van der Waals surface area (Å²) in [4.78, 5) is 5.03. The van der Waals surface area contributed by atoms with Crippen molar-refractivity contribution < 1.29 is 8.42 Å². The molecule has 0 atom stereocenters. The number of thiocarbonyl (C=S) groups is 2. The third kappa shape index (κ3) is 13.8. The molecule has 0 unspecified atom stereocenters. The fraction of sp³-hybridized carbons (Fsp3) is 0.619. The van der Waals surface area contributed by atoms with Crippen molar-refractivity contribution in [3.8, 4) is 0 Å². The Kier molecular flexibility index (Phi) is 17.8. The number of piperazine rings is 1. The van der Waals surface area contributed by atoms with E-state index in [1.54, 1.807) is 25.0 Å². The summed E-state index contributed by atoms with van der Waals surface area (Å²) in [5, 5.41) is 9.93. The minimum Gasteiger partial charge on any atom is -0.375 e. The predicted octanol–water partition coefficient (Wildman–Crippen LogP) is 5.56. The number of rotatable bonds is 10. The molecule has 0 radical (unpaired) electrons. The largest absolute Gasteiger partial charge is 0.375 e. The van der Waals surface area contributed by atoms with Crippen LogP contribution in [-0.2, 0) is 32.4 Å². The molecule has 1 aliphatic heterocycles. The zero-order chi connectivity index (χ0) is 42.1. The Balaban J connectivity index is 0.000000959. The second-order valence-corrected chi connectivity index (χ2v) is 20.9. The van der Waals surface area contributed by atoms with Gasteiger partial charge in [-0.05, 0) is 136 Å². The molecule has 2 aromatic carbocycles. The third-order valence-corrected chi connectivity index (χ3v) is 11.3. The van der Waals surface area contributed by atoms with Gasteiger partial charge < -0.3 is 11.5 Å². The Morgan fingerprint density at radius 2 is 0.893 bits per heavy atom. The molecular formula is C42H68N8O2S4. The maximum absolute atomic E-state index is 9.56. The van der Waals surface area contributed by atoms with E-state index < -0.39 is 21.6 Å². The van der Waals surface area contributed by atoms with Crippen LogP contribution >= 0.6 is 24.4 Å². The molecule has 1 saturated heterocycles. The summed E-state index contributed by atoms with van der Waals surface area (Å²) in [6.45, 7) is 23.7. The topological polar surface area (TPSA) is 141 Å². The van der Waals surface area contributed by atoms with Gasteiger partial charge in [0.05, 0.1) is 11.4 Å². The van der Waals surface area contributed by atoms with Crippen molar-refractivity contribution in [3.05, 3.63) is 68.8 Å². The molecule has 1 heterocycles. The fourth-order valence-electron chi connectivity index (χ4n) is 9.53. The molecule has 0 amide bonds. The first-order chi connectivity index (χ1) is 26.0. The molecule has 0 bridgehead atoms. The van der Waals surface area contributed by atoms with E-state index in [1.807, 2.05) is 0 Å². The lowest BCUT2D eigenvalue weighted by Crippen LogP contribution is -2.53. The molecule has 2 aromatic rings. The average Bonchev–Trinajstić information content (AvgIpc) is 3.01. The van der Waals surface area contributed by atoms with Crippen LogP contribution in [0.4, 0.5) is 0 Å². The normalized spacial score (nSPS) is 24.2. The summed E-state index contributed by atoms with van der Waals surface area (Å²) in [5.74, 6) is 0.794. The van der Waals surface area contributed by atoms with Crippen LogP contribution in [0.2, 0.25) is 0 Å². The van der Waals surface area contributed by atoms with Crippen molar-refractivity contribution in [2.45, 2.75) is 91.9 Å². The van der Waals surface area contributed by atoms with Crippen LogP contribution in [0.15, 0.2) is 34.5 Å². The highest BCUT2D eigenvalue weighted by Gasteiger charge is 2.47. The predicted molar refractivity (Wildman–Crippen MR) is 249 cm³/mol. The number of aryl methyl sites for hydroxylation is 6. The quantitative estimate of drug-likeness (QED) is 0.137. The van der Waals surface area contributed by atoms with Gasteiger partial charge in [0.15, 0.2) is 10.2 Å². The average molecular weight is 845 g/mol. The van der Waals surface area contributed by atoms with Gasteiger partial charge in [-0.15, -0.1) is 0 Å². The van der Waals surface area contributed by atoms with Gasteiger partial charge in [-0.3, -0.25) is 29.1 Å². The minimum absolute atomic E-state index is 0.152. The highest BCUT2D eigenvalue weighted by molar-refractivity contribution is 7.83. The molecule has 5 rings (SSSR count). The smallest absolute Gasteiger partial charge is 0.184 e. The van der Waals surface area contributed by atoms with Gasteiger partial charge in [0.1, 0.15) is 0 Å². The minimum atomic E-state index is -0.611. The number of hydrogen-bond donors (Lipinski definition) is 4. The van der Waals surface area contributed by atoms with E-state index in [0.29, 0.717) is 11.8 Å². The lowest BCUT2D eigenvalue weighted by molar-refractivity contribution is 0.148. The standard InChI is InChI=1S/C38H56N8S2.2C2H6OS/c1-23-13-25(3)33(26(4)14-23)37(7)17-29(18-37)31(41-43-35(39)47)21-45-9-11-46(12-10-45)22-32(42-44-36(40)48)30-19-38(8,20-30)34-27(5)15-24(2)16-28(34)6;2*1-4(2)3/h13-16,29-30H,9-12,17-22H2,1-8H3,(H3,39,43,47)(H3,40,44,48);2*1-2H3/b41-31+,42-32+;;. The Morgan fingerprint density at radius 3 is 1.12 bits per heavy atom. The number of hydrazone groups is 2. The zero-order valence-corrected chi connectivity index (χ0v) is 39.2. The Labute approximate surface area is 353 Å². The number of nitrogens with two attached hydrogens (primary N) is 2. The first kappa shape index (κ1) is 47.8. The molecule has 2 aliphatic carbocycles. The van der Waals surface area contributed by atoms with E-state index in [2.05, 4.69) is 100 Å². The van der Waals surface area contributed by atoms with Crippen molar-refractivity contribution >= 4 is 67.7 Å². The van der Waals surface area contributed by atoms with Gasteiger partial charge in [-0.25, -0.2) is 0 Å². The Bertz CT molecular complexity index is 1640. The van der Waals surface area contributed by atoms with Gasteiger partial charge in [0, 0.05) is 97.7 Å². The summed E-state index contributed by atoms with van der Waals surface area (Å²) in [7, 11) is -1.22. The van der Waals surface area contributed by atoms with Crippen LogP contribution in [0.25, 0.3) is 0 Å². The molecule has 2 saturated carbocycles. The number of nitrogens with zero attached hydrogens (tertiary/aromatic N) is 4. The van der Waals surface area contributed by atoms with E-state index in [4.69, 9.17) is 46.1 Å². The van der Waals surface area contributed by atoms with Crippen LogP contribution in [0.5, 0.6) is 0 Å². The lowest BCUT2D eigenvalue weighted by atomic mass is 9.57. The van der Waals surface area contributed by atoms with E-state index in [1.165, 1.54) is 44.5 Å². The lowest BCUT2D eigenvalue weighted by Gasteiger charge is -2.49. The van der Waals surface area contributed by atoms with Gasteiger partial charge in [0.2, 0.25) is 0 Å². The summed E-state index contributed by atoms with van der Waals surface area (Å²) >= 11 is 10.2. The summed E-state index contributed by atoms with van der Waals surface area (Å²) in [6.07, 6.45) is 10.9. The van der Waals surface area contributed by atoms with Gasteiger partial charge >= 0.3 is 0 Å². The SMILES string of the molecule is CS(C)=O.CS(C)=O.Cc1cc(C)c(C2(C)CC(/C(CN3CCN(C/C(=N\NC(N)=S)C4CC(C)(c5c(C)cc(C)cc5C)C4)CC3)=N/NC(N)=S)C2)c(C)c1. The molecule has 6 N–H and O–H groups in total. The second kappa shape index (κ2) is 20.9. The van der Waals surface area contributed by atoms with E-state index in [9.17, 15) is 8.42 Å². The van der Waals surface area contributed by atoms with Crippen molar-refractivity contribution in [1.82, 2.24) is 20.7 Å².